The van der Waals surface area contributed by atoms with E-state index in [9.17, 15) is 5.11 Å². The van der Waals surface area contributed by atoms with Crippen LogP contribution in [0.1, 0.15) is 52.4 Å². The lowest BCUT2D eigenvalue weighted by atomic mass is 9.98. The van der Waals surface area contributed by atoms with Crippen molar-refractivity contribution in [3.05, 3.63) is 0 Å². The maximum atomic E-state index is 10.4. The average molecular weight is 485 g/mol. The number of aliphatic hydroxyl groups is 1. The standard InChI is InChI=1S/C18H35N3O2S.HI/c1-3-19-17(21-13-18(22)10-12-24-14-18)20-11-9-16(23-4-2)15-7-5-6-8-15;/h15-16,22H,3-14H2,1-2H3,(H2,19,20,21);1H. The number of ether oxygens (including phenoxy) is 1. The number of guanidine groups is 1. The Balaban J connectivity index is 0.00000312. The van der Waals surface area contributed by atoms with Crippen LogP contribution in [0.25, 0.3) is 0 Å². The van der Waals surface area contributed by atoms with Gasteiger partial charge in [0.25, 0.3) is 0 Å². The predicted molar refractivity (Wildman–Crippen MR) is 118 cm³/mol. The summed E-state index contributed by atoms with van der Waals surface area (Å²) in [7, 11) is 0. The Kier molecular flexibility index (Phi) is 11.8. The van der Waals surface area contributed by atoms with E-state index >= 15 is 0 Å². The van der Waals surface area contributed by atoms with Crippen molar-refractivity contribution in [2.24, 2.45) is 10.9 Å². The monoisotopic (exact) mass is 485 g/mol. The summed E-state index contributed by atoms with van der Waals surface area (Å²) in [6.07, 6.45) is 7.54. The minimum atomic E-state index is -0.620. The molecule has 7 heteroatoms. The molecular weight excluding hydrogens is 449 g/mol. The number of halogens is 1. The van der Waals surface area contributed by atoms with E-state index < -0.39 is 5.60 Å². The molecule has 148 valence electrons. The maximum absolute atomic E-state index is 10.4. The molecule has 0 amide bonds. The van der Waals surface area contributed by atoms with Crippen LogP contribution in [0.15, 0.2) is 4.99 Å². The van der Waals surface area contributed by atoms with Crippen LogP contribution in [0.5, 0.6) is 0 Å². The number of nitrogens with zero attached hydrogens (tertiary/aromatic N) is 1. The summed E-state index contributed by atoms with van der Waals surface area (Å²) in [5.74, 6) is 3.37. The fourth-order valence-corrected chi connectivity index (χ4v) is 4.90. The van der Waals surface area contributed by atoms with Gasteiger partial charge in [-0.05, 0) is 51.2 Å². The van der Waals surface area contributed by atoms with Gasteiger partial charge in [-0.1, -0.05) is 12.8 Å². The van der Waals surface area contributed by atoms with Gasteiger partial charge in [-0.15, -0.1) is 24.0 Å². The van der Waals surface area contributed by atoms with Gasteiger partial charge in [0.15, 0.2) is 5.96 Å². The quantitative estimate of drug-likeness (QED) is 0.266. The Bertz CT molecular complexity index is 387. The lowest BCUT2D eigenvalue weighted by Gasteiger charge is -2.24. The maximum Gasteiger partial charge on any atom is 0.191 e. The second-order valence-corrected chi connectivity index (χ2v) is 8.08. The Morgan fingerprint density at radius 1 is 1.32 bits per heavy atom. The molecule has 0 spiro atoms. The predicted octanol–water partition coefficient (Wildman–Crippen LogP) is 3.01. The Morgan fingerprint density at radius 3 is 2.68 bits per heavy atom. The van der Waals surface area contributed by atoms with Crippen LogP contribution < -0.4 is 10.6 Å². The molecule has 2 rings (SSSR count). The number of thioether (sulfide) groups is 1. The van der Waals surface area contributed by atoms with Crippen LogP contribution in [0, 0.1) is 5.92 Å². The summed E-state index contributed by atoms with van der Waals surface area (Å²) >= 11 is 1.81. The smallest absolute Gasteiger partial charge is 0.191 e. The van der Waals surface area contributed by atoms with Crippen LogP contribution in [-0.2, 0) is 4.74 Å². The molecule has 1 saturated heterocycles. The molecule has 0 bridgehead atoms. The zero-order valence-corrected chi connectivity index (χ0v) is 18.9. The SMILES string of the molecule is CCNC(=NCC1(O)CCSC1)NCCC(OCC)C1CCCC1.I. The van der Waals surface area contributed by atoms with E-state index in [1.807, 2.05) is 11.8 Å². The Morgan fingerprint density at radius 2 is 2.08 bits per heavy atom. The fourth-order valence-electron chi connectivity index (χ4n) is 3.62. The van der Waals surface area contributed by atoms with Gasteiger partial charge in [0.05, 0.1) is 18.2 Å². The minimum absolute atomic E-state index is 0. The number of hydrogen-bond donors (Lipinski definition) is 3. The van der Waals surface area contributed by atoms with Crippen LogP contribution in [0.3, 0.4) is 0 Å². The Hall–Kier alpha value is 0.270. The van der Waals surface area contributed by atoms with Gasteiger partial charge in [-0.2, -0.15) is 11.8 Å². The zero-order chi connectivity index (χ0) is 17.3. The third-order valence-electron chi connectivity index (χ3n) is 4.99. The van der Waals surface area contributed by atoms with E-state index in [0.29, 0.717) is 12.6 Å². The molecule has 1 aliphatic carbocycles. The third-order valence-corrected chi connectivity index (χ3v) is 6.22. The number of nitrogens with one attached hydrogen (secondary N) is 2. The second-order valence-electron chi connectivity index (χ2n) is 6.98. The van der Waals surface area contributed by atoms with Gasteiger partial charge in [-0.25, -0.2) is 0 Å². The van der Waals surface area contributed by atoms with Crippen molar-refractivity contribution in [3.63, 3.8) is 0 Å². The first kappa shape index (κ1) is 23.3. The second kappa shape index (κ2) is 12.6. The van der Waals surface area contributed by atoms with Crippen molar-refractivity contribution in [2.45, 2.75) is 64.1 Å². The van der Waals surface area contributed by atoms with Gasteiger partial charge in [-0.3, -0.25) is 4.99 Å². The van der Waals surface area contributed by atoms with E-state index in [2.05, 4.69) is 29.5 Å². The molecule has 5 nitrogen and oxygen atoms in total. The van der Waals surface area contributed by atoms with Crippen LogP contribution >= 0.6 is 35.7 Å². The van der Waals surface area contributed by atoms with Gasteiger partial charge in [0, 0.05) is 25.4 Å². The van der Waals surface area contributed by atoms with Crippen molar-refractivity contribution in [1.29, 1.82) is 0 Å². The molecule has 2 atom stereocenters. The molecule has 25 heavy (non-hydrogen) atoms. The first-order chi connectivity index (χ1) is 11.7. The first-order valence-corrected chi connectivity index (χ1v) is 10.8. The molecule has 1 heterocycles. The van der Waals surface area contributed by atoms with Crippen molar-refractivity contribution >= 4 is 41.7 Å². The van der Waals surface area contributed by atoms with Crippen molar-refractivity contribution in [3.8, 4) is 0 Å². The highest BCUT2D eigenvalue weighted by Gasteiger charge is 2.31. The fraction of sp³-hybridized carbons (Fsp3) is 0.944. The molecule has 3 N–H and O–H groups in total. The van der Waals surface area contributed by atoms with Gasteiger partial charge < -0.3 is 20.5 Å². The summed E-state index contributed by atoms with van der Waals surface area (Å²) in [6.45, 7) is 7.11. The average Bonchev–Trinajstić information content (AvgIpc) is 3.24. The van der Waals surface area contributed by atoms with Gasteiger partial charge >= 0.3 is 0 Å². The lowest BCUT2D eigenvalue weighted by molar-refractivity contribution is 0.0169. The molecule has 0 aromatic heterocycles. The minimum Gasteiger partial charge on any atom is -0.387 e. The van der Waals surface area contributed by atoms with Crippen LogP contribution in [-0.4, -0.2) is 60.5 Å². The highest BCUT2D eigenvalue weighted by Crippen LogP contribution is 2.30. The molecule has 1 saturated carbocycles. The van der Waals surface area contributed by atoms with E-state index in [1.54, 1.807) is 0 Å². The molecular formula is C18H36IN3O2S. The summed E-state index contributed by atoms with van der Waals surface area (Å²) < 4.78 is 5.98. The topological polar surface area (TPSA) is 65.9 Å². The van der Waals surface area contributed by atoms with E-state index in [1.165, 1.54) is 25.7 Å². The first-order valence-electron chi connectivity index (χ1n) is 9.61. The van der Waals surface area contributed by atoms with Gasteiger partial charge in [0.2, 0.25) is 0 Å². The van der Waals surface area contributed by atoms with Crippen LogP contribution in [0.4, 0.5) is 0 Å². The molecule has 2 fully saturated rings. The molecule has 0 aromatic rings. The van der Waals surface area contributed by atoms with E-state index in [-0.39, 0.29) is 24.0 Å². The van der Waals surface area contributed by atoms with E-state index in [4.69, 9.17) is 4.74 Å². The summed E-state index contributed by atoms with van der Waals surface area (Å²) in [5, 5.41) is 17.1. The Labute approximate surface area is 174 Å². The molecule has 0 radical (unpaired) electrons. The summed E-state index contributed by atoms with van der Waals surface area (Å²) in [4.78, 5) is 4.60. The molecule has 1 aliphatic heterocycles. The normalized spacial score (nSPS) is 25.6. The van der Waals surface area contributed by atoms with E-state index in [0.717, 1.165) is 55.9 Å². The van der Waals surface area contributed by atoms with Crippen LogP contribution in [0.2, 0.25) is 0 Å². The molecule has 2 aliphatic rings. The number of hydrogen-bond acceptors (Lipinski definition) is 4. The summed E-state index contributed by atoms with van der Waals surface area (Å²) in [5.41, 5.74) is -0.620. The van der Waals surface area contributed by atoms with Crippen molar-refractivity contribution in [2.75, 3.05) is 37.7 Å². The lowest BCUT2D eigenvalue weighted by Crippen LogP contribution is -2.41. The molecule has 2 unspecified atom stereocenters. The number of aliphatic imine (C=N–C) groups is 1. The third kappa shape index (κ3) is 8.22. The largest absolute Gasteiger partial charge is 0.387 e. The van der Waals surface area contributed by atoms with Crippen molar-refractivity contribution in [1.82, 2.24) is 10.6 Å². The van der Waals surface area contributed by atoms with Gasteiger partial charge in [0.1, 0.15) is 0 Å². The summed E-state index contributed by atoms with van der Waals surface area (Å²) in [6, 6.07) is 0. The highest BCUT2D eigenvalue weighted by molar-refractivity contribution is 14.0. The zero-order valence-electron chi connectivity index (χ0n) is 15.8. The van der Waals surface area contributed by atoms with Crippen molar-refractivity contribution < 1.29 is 9.84 Å². The number of rotatable bonds is 9. The molecule has 0 aromatic carbocycles. The highest BCUT2D eigenvalue weighted by atomic mass is 127.